The van der Waals surface area contributed by atoms with Crippen LogP contribution in [0.2, 0.25) is 0 Å². The van der Waals surface area contributed by atoms with Crippen molar-refractivity contribution in [1.82, 2.24) is 20.4 Å². The van der Waals surface area contributed by atoms with Gasteiger partial charge in [0.2, 0.25) is 11.8 Å². The molecule has 150 valence electrons. The van der Waals surface area contributed by atoms with E-state index in [0.29, 0.717) is 58.0 Å². The number of carbonyl (C=O) groups is 3. The molecule has 0 saturated carbocycles. The summed E-state index contributed by atoms with van der Waals surface area (Å²) in [5.74, 6) is -0.114. The molecule has 1 aliphatic rings. The van der Waals surface area contributed by atoms with Crippen molar-refractivity contribution in [3.8, 4) is 0 Å². The van der Waals surface area contributed by atoms with E-state index in [4.69, 9.17) is 4.74 Å². The van der Waals surface area contributed by atoms with Gasteiger partial charge in [-0.15, -0.1) is 0 Å². The number of nitrogens with zero attached hydrogens (tertiary/aromatic N) is 2. The van der Waals surface area contributed by atoms with Gasteiger partial charge in [0.1, 0.15) is 0 Å². The van der Waals surface area contributed by atoms with E-state index in [-0.39, 0.29) is 24.1 Å². The molecule has 1 aliphatic heterocycles. The third-order valence-corrected chi connectivity index (χ3v) is 5.03. The Bertz CT molecular complexity index is 601. The molecule has 0 bridgehead atoms. The second-order valence-corrected chi connectivity index (χ2v) is 7.15. The highest BCUT2D eigenvalue weighted by Crippen LogP contribution is 2.06. The first-order valence-electron chi connectivity index (χ1n) is 9.16. The Hall–Kier alpha value is -1.97. The molecule has 2 N–H and O–H groups in total. The Kier molecular flexibility index (Phi) is 9.23. The van der Waals surface area contributed by atoms with Gasteiger partial charge < -0.3 is 20.3 Å². The highest BCUT2D eigenvalue weighted by molar-refractivity contribution is 7.08. The summed E-state index contributed by atoms with van der Waals surface area (Å²) in [4.78, 5) is 39.8. The van der Waals surface area contributed by atoms with E-state index >= 15 is 0 Å². The van der Waals surface area contributed by atoms with E-state index in [1.165, 1.54) is 11.3 Å². The summed E-state index contributed by atoms with van der Waals surface area (Å²) < 4.78 is 4.95. The van der Waals surface area contributed by atoms with Crippen molar-refractivity contribution in [3.05, 3.63) is 22.4 Å². The number of rotatable bonds is 10. The highest BCUT2D eigenvalue weighted by atomic mass is 32.1. The van der Waals surface area contributed by atoms with Crippen LogP contribution in [0.25, 0.3) is 0 Å². The monoisotopic (exact) mass is 396 g/mol. The van der Waals surface area contributed by atoms with Gasteiger partial charge in [0.05, 0.1) is 6.54 Å². The van der Waals surface area contributed by atoms with Gasteiger partial charge in [0.15, 0.2) is 0 Å². The molecular formula is C18H28N4O4S. The molecule has 9 heteroatoms. The minimum absolute atomic E-state index is 0.00187. The SMILES string of the molecule is COCCCNC(=O)CN1CCN(C(=O)CCNC(=O)c2ccsc2)CC1. The maximum absolute atomic E-state index is 12.3. The van der Waals surface area contributed by atoms with E-state index in [1.807, 2.05) is 10.3 Å². The molecule has 0 aliphatic carbocycles. The lowest BCUT2D eigenvalue weighted by molar-refractivity contribution is -0.133. The number of nitrogens with one attached hydrogen (secondary N) is 2. The van der Waals surface area contributed by atoms with Crippen LogP contribution in [0.5, 0.6) is 0 Å². The van der Waals surface area contributed by atoms with Crippen LogP contribution in [0, 0.1) is 0 Å². The van der Waals surface area contributed by atoms with Crippen LogP contribution < -0.4 is 10.6 Å². The van der Waals surface area contributed by atoms with E-state index < -0.39 is 0 Å². The first-order valence-corrected chi connectivity index (χ1v) is 10.1. The maximum atomic E-state index is 12.3. The summed E-state index contributed by atoms with van der Waals surface area (Å²) in [5.41, 5.74) is 0.626. The van der Waals surface area contributed by atoms with Crippen molar-refractivity contribution in [1.29, 1.82) is 0 Å². The fraction of sp³-hybridized carbons (Fsp3) is 0.611. The molecule has 0 unspecified atom stereocenters. The molecule has 0 radical (unpaired) electrons. The number of carbonyl (C=O) groups excluding carboxylic acids is 3. The van der Waals surface area contributed by atoms with Crippen LogP contribution in [0.1, 0.15) is 23.2 Å². The molecule has 3 amide bonds. The van der Waals surface area contributed by atoms with Crippen molar-refractivity contribution in [3.63, 3.8) is 0 Å². The van der Waals surface area contributed by atoms with Crippen molar-refractivity contribution < 1.29 is 19.1 Å². The molecule has 0 atom stereocenters. The normalized spacial score (nSPS) is 14.8. The second-order valence-electron chi connectivity index (χ2n) is 6.37. The summed E-state index contributed by atoms with van der Waals surface area (Å²) in [5, 5.41) is 9.26. The molecule has 1 aromatic heterocycles. The summed E-state index contributed by atoms with van der Waals surface area (Å²) in [6.45, 7) is 4.50. The summed E-state index contributed by atoms with van der Waals surface area (Å²) >= 11 is 1.47. The van der Waals surface area contributed by atoms with Crippen LogP contribution in [0.15, 0.2) is 16.8 Å². The zero-order valence-electron chi connectivity index (χ0n) is 15.7. The summed E-state index contributed by atoms with van der Waals surface area (Å²) in [6, 6.07) is 1.76. The Labute approximate surface area is 163 Å². The zero-order chi connectivity index (χ0) is 19.5. The number of piperazine rings is 1. The topological polar surface area (TPSA) is 91.0 Å². The molecular weight excluding hydrogens is 368 g/mol. The molecule has 8 nitrogen and oxygen atoms in total. The maximum Gasteiger partial charge on any atom is 0.252 e. The first kappa shape index (κ1) is 21.3. The van der Waals surface area contributed by atoms with Crippen molar-refractivity contribution in [2.24, 2.45) is 0 Å². The van der Waals surface area contributed by atoms with E-state index in [2.05, 4.69) is 10.6 Å². The lowest BCUT2D eigenvalue weighted by Gasteiger charge is -2.34. The van der Waals surface area contributed by atoms with Crippen molar-refractivity contribution in [2.75, 3.05) is 59.5 Å². The van der Waals surface area contributed by atoms with Crippen LogP contribution in [0.3, 0.4) is 0 Å². The van der Waals surface area contributed by atoms with Gasteiger partial charge in [-0.05, 0) is 17.9 Å². The largest absolute Gasteiger partial charge is 0.385 e. The lowest BCUT2D eigenvalue weighted by atomic mass is 10.2. The highest BCUT2D eigenvalue weighted by Gasteiger charge is 2.22. The molecule has 0 aromatic carbocycles. The van der Waals surface area contributed by atoms with Crippen LogP contribution >= 0.6 is 11.3 Å². The van der Waals surface area contributed by atoms with Gasteiger partial charge >= 0.3 is 0 Å². The quantitative estimate of drug-likeness (QED) is 0.550. The van der Waals surface area contributed by atoms with Crippen LogP contribution in [-0.2, 0) is 14.3 Å². The Morgan fingerprint density at radius 3 is 2.59 bits per heavy atom. The van der Waals surface area contributed by atoms with Crippen LogP contribution in [0.4, 0.5) is 0 Å². The van der Waals surface area contributed by atoms with Gasteiger partial charge in [-0.1, -0.05) is 0 Å². The first-order chi connectivity index (χ1) is 13.1. The second kappa shape index (κ2) is 11.7. The number of hydrogen-bond donors (Lipinski definition) is 2. The third-order valence-electron chi connectivity index (χ3n) is 4.35. The Morgan fingerprint density at radius 2 is 1.93 bits per heavy atom. The van der Waals surface area contributed by atoms with E-state index in [9.17, 15) is 14.4 Å². The zero-order valence-corrected chi connectivity index (χ0v) is 16.6. The smallest absolute Gasteiger partial charge is 0.252 e. The number of ether oxygens (including phenoxy) is 1. The minimum atomic E-state index is -0.148. The predicted octanol–water partition coefficient (Wildman–Crippen LogP) is 0.165. The average Bonchev–Trinajstić information content (AvgIpc) is 3.20. The third kappa shape index (κ3) is 7.66. The number of amides is 3. The van der Waals surface area contributed by atoms with Crippen LogP contribution in [-0.4, -0.2) is 87.1 Å². The number of hydrogen-bond acceptors (Lipinski definition) is 6. The number of methoxy groups -OCH3 is 1. The van der Waals surface area contributed by atoms with Gasteiger partial charge in [-0.3, -0.25) is 19.3 Å². The van der Waals surface area contributed by atoms with Gasteiger partial charge in [0, 0.05) is 70.3 Å². The molecule has 1 saturated heterocycles. The minimum Gasteiger partial charge on any atom is -0.385 e. The average molecular weight is 397 g/mol. The standard InChI is InChI=1S/C18H28N4O4S/c1-26-11-2-5-19-16(23)13-21-7-9-22(10-8-21)17(24)3-6-20-18(25)15-4-12-27-14-15/h4,12,14H,2-3,5-11,13H2,1H3,(H,19,23)(H,20,25). The Balaban J connectivity index is 1.58. The fourth-order valence-electron chi connectivity index (χ4n) is 2.80. The van der Waals surface area contributed by atoms with Gasteiger partial charge in [-0.25, -0.2) is 0 Å². The molecule has 1 fully saturated rings. The molecule has 0 spiro atoms. The van der Waals surface area contributed by atoms with Gasteiger partial charge in [0.25, 0.3) is 5.91 Å². The molecule has 27 heavy (non-hydrogen) atoms. The van der Waals surface area contributed by atoms with Crippen molar-refractivity contribution >= 4 is 29.1 Å². The summed E-state index contributed by atoms with van der Waals surface area (Å²) in [7, 11) is 1.64. The van der Waals surface area contributed by atoms with Crippen molar-refractivity contribution in [2.45, 2.75) is 12.8 Å². The molecule has 2 heterocycles. The van der Waals surface area contributed by atoms with Gasteiger partial charge in [-0.2, -0.15) is 11.3 Å². The van der Waals surface area contributed by atoms with E-state index in [0.717, 1.165) is 6.42 Å². The predicted molar refractivity (Wildman–Crippen MR) is 104 cm³/mol. The Morgan fingerprint density at radius 1 is 1.15 bits per heavy atom. The molecule has 1 aromatic rings. The summed E-state index contributed by atoms with van der Waals surface area (Å²) in [6.07, 6.45) is 1.09. The number of thiophene rings is 1. The molecule has 2 rings (SSSR count). The lowest BCUT2D eigenvalue weighted by Crippen LogP contribution is -2.51. The fourth-order valence-corrected chi connectivity index (χ4v) is 3.43. The van der Waals surface area contributed by atoms with E-state index in [1.54, 1.807) is 23.5 Å².